The lowest BCUT2D eigenvalue weighted by Gasteiger charge is -2.33. The van der Waals surface area contributed by atoms with Crippen LogP contribution in [0.1, 0.15) is 36.7 Å². The molecule has 132 valence electrons. The van der Waals surface area contributed by atoms with Gasteiger partial charge in [0.15, 0.2) is 0 Å². The van der Waals surface area contributed by atoms with Crippen molar-refractivity contribution in [1.29, 1.82) is 0 Å². The highest BCUT2D eigenvalue weighted by molar-refractivity contribution is 5.96. The zero-order valence-electron chi connectivity index (χ0n) is 14.7. The molecule has 1 unspecified atom stereocenters. The maximum absolute atomic E-state index is 12.2. The minimum Gasteiger partial charge on any atom is -0.508 e. The van der Waals surface area contributed by atoms with E-state index < -0.39 is 0 Å². The Morgan fingerprint density at radius 2 is 1.64 bits per heavy atom. The Balaban J connectivity index is 1.89. The van der Waals surface area contributed by atoms with Gasteiger partial charge in [-0.25, -0.2) is 0 Å². The van der Waals surface area contributed by atoms with Gasteiger partial charge in [0.05, 0.1) is 6.54 Å². The number of amides is 2. The standard InChI is InChI=1S/C20H24N2O3/c1-14(20(2,3)16-7-5-4-6-8-16)22-18(24)13-21-19(25)15-9-11-17(23)12-10-15/h4-12,14,23H,13H2,1-3H3,(H,21,25)(H,22,24). The number of aromatic hydroxyl groups is 1. The number of hydrogen-bond acceptors (Lipinski definition) is 3. The number of phenols is 1. The molecule has 2 amide bonds. The lowest BCUT2D eigenvalue weighted by Crippen LogP contribution is -2.48. The van der Waals surface area contributed by atoms with Crippen LogP contribution in [-0.4, -0.2) is 29.5 Å². The molecule has 0 aromatic heterocycles. The number of hydrogen-bond donors (Lipinski definition) is 3. The minimum absolute atomic E-state index is 0.0891. The van der Waals surface area contributed by atoms with Crippen LogP contribution in [0.15, 0.2) is 54.6 Å². The van der Waals surface area contributed by atoms with Crippen LogP contribution >= 0.6 is 0 Å². The largest absolute Gasteiger partial charge is 0.508 e. The smallest absolute Gasteiger partial charge is 0.251 e. The molecular formula is C20H24N2O3. The van der Waals surface area contributed by atoms with Gasteiger partial charge in [-0.15, -0.1) is 0 Å². The predicted molar refractivity (Wildman–Crippen MR) is 97.5 cm³/mol. The Hall–Kier alpha value is -2.82. The quantitative estimate of drug-likeness (QED) is 0.756. The van der Waals surface area contributed by atoms with Crippen molar-refractivity contribution >= 4 is 11.8 Å². The molecule has 0 radical (unpaired) electrons. The third-order valence-electron chi connectivity index (χ3n) is 4.52. The fourth-order valence-electron chi connectivity index (χ4n) is 2.47. The topological polar surface area (TPSA) is 78.4 Å². The second-order valence-corrected chi connectivity index (χ2v) is 6.61. The van der Waals surface area contributed by atoms with Crippen LogP contribution in [-0.2, 0) is 10.2 Å². The molecule has 0 aliphatic heterocycles. The number of nitrogens with one attached hydrogen (secondary N) is 2. The normalized spacial score (nSPS) is 12.3. The van der Waals surface area contributed by atoms with Crippen LogP contribution in [0.25, 0.3) is 0 Å². The molecule has 25 heavy (non-hydrogen) atoms. The SMILES string of the molecule is CC(NC(=O)CNC(=O)c1ccc(O)cc1)C(C)(C)c1ccccc1. The highest BCUT2D eigenvalue weighted by Crippen LogP contribution is 2.26. The molecule has 2 aromatic rings. The van der Waals surface area contributed by atoms with Gasteiger partial charge in [-0.05, 0) is 36.8 Å². The fraction of sp³-hybridized carbons (Fsp3) is 0.300. The monoisotopic (exact) mass is 340 g/mol. The van der Waals surface area contributed by atoms with Gasteiger partial charge in [0.2, 0.25) is 5.91 Å². The predicted octanol–water partition coefficient (Wildman–Crippen LogP) is 2.60. The summed E-state index contributed by atoms with van der Waals surface area (Å²) in [5.74, 6) is -0.514. The van der Waals surface area contributed by atoms with Gasteiger partial charge in [-0.1, -0.05) is 44.2 Å². The van der Waals surface area contributed by atoms with Crippen LogP contribution in [0.4, 0.5) is 0 Å². The third-order valence-corrected chi connectivity index (χ3v) is 4.52. The lowest BCUT2D eigenvalue weighted by molar-refractivity contribution is -0.121. The van der Waals surface area contributed by atoms with E-state index >= 15 is 0 Å². The Bertz CT molecular complexity index is 724. The summed E-state index contributed by atoms with van der Waals surface area (Å²) < 4.78 is 0. The summed E-state index contributed by atoms with van der Waals surface area (Å²) >= 11 is 0. The molecule has 0 heterocycles. The van der Waals surface area contributed by atoms with Crippen LogP contribution in [0, 0.1) is 0 Å². The van der Waals surface area contributed by atoms with Crippen molar-refractivity contribution in [3.05, 3.63) is 65.7 Å². The molecule has 3 N–H and O–H groups in total. The van der Waals surface area contributed by atoms with E-state index in [-0.39, 0.29) is 35.6 Å². The van der Waals surface area contributed by atoms with E-state index in [2.05, 4.69) is 24.5 Å². The zero-order chi connectivity index (χ0) is 18.4. The summed E-state index contributed by atoms with van der Waals surface area (Å²) in [6.45, 7) is 5.99. The van der Waals surface area contributed by atoms with Crippen molar-refractivity contribution < 1.29 is 14.7 Å². The van der Waals surface area contributed by atoms with Crippen LogP contribution in [0.2, 0.25) is 0 Å². The highest BCUT2D eigenvalue weighted by atomic mass is 16.3. The van der Waals surface area contributed by atoms with Crippen molar-refractivity contribution in [1.82, 2.24) is 10.6 Å². The van der Waals surface area contributed by atoms with Gasteiger partial charge in [0.25, 0.3) is 5.91 Å². The molecule has 2 rings (SSSR count). The van der Waals surface area contributed by atoms with E-state index in [0.717, 1.165) is 5.56 Å². The van der Waals surface area contributed by atoms with E-state index in [1.807, 2.05) is 37.3 Å². The summed E-state index contributed by atoms with van der Waals surface area (Å²) in [5.41, 5.74) is 1.29. The molecule has 5 heteroatoms. The molecule has 0 fully saturated rings. The van der Waals surface area contributed by atoms with Gasteiger partial charge in [-0.3, -0.25) is 9.59 Å². The van der Waals surface area contributed by atoms with E-state index in [4.69, 9.17) is 0 Å². The Morgan fingerprint density at radius 1 is 1.04 bits per heavy atom. The summed E-state index contributed by atoms with van der Waals surface area (Å²) in [6.07, 6.45) is 0. The van der Waals surface area contributed by atoms with Crippen LogP contribution in [0.3, 0.4) is 0 Å². The van der Waals surface area contributed by atoms with Gasteiger partial charge in [0, 0.05) is 17.0 Å². The molecule has 0 aliphatic carbocycles. The number of carbonyl (C=O) groups is 2. The first kappa shape index (κ1) is 18.5. The number of carbonyl (C=O) groups excluding carboxylic acids is 2. The molecule has 0 aliphatic rings. The molecule has 0 spiro atoms. The minimum atomic E-state index is -0.356. The summed E-state index contributed by atoms with van der Waals surface area (Å²) in [4.78, 5) is 24.1. The van der Waals surface area contributed by atoms with Crippen molar-refractivity contribution in [2.24, 2.45) is 0 Å². The highest BCUT2D eigenvalue weighted by Gasteiger charge is 2.28. The molecule has 0 saturated carbocycles. The lowest BCUT2D eigenvalue weighted by atomic mass is 9.78. The average Bonchev–Trinajstić information content (AvgIpc) is 2.61. The molecule has 1 atom stereocenters. The average molecular weight is 340 g/mol. The third kappa shape index (κ3) is 4.83. The summed E-state index contributed by atoms with van der Waals surface area (Å²) in [6, 6.07) is 15.7. The molecule has 0 bridgehead atoms. The van der Waals surface area contributed by atoms with E-state index in [9.17, 15) is 14.7 Å². The number of benzene rings is 2. The first-order chi connectivity index (χ1) is 11.8. The Morgan fingerprint density at radius 3 is 2.24 bits per heavy atom. The fourth-order valence-corrected chi connectivity index (χ4v) is 2.47. The van der Waals surface area contributed by atoms with Gasteiger partial charge in [0.1, 0.15) is 5.75 Å². The van der Waals surface area contributed by atoms with Crippen molar-refractivity contribution in [3.63, 3.8) is 0 Å². The second-order valence-electron chi connectivity index (χ2n) is 6.61. The van der Waals surface area contributed by atoms with Gasteiger partial charge < -0.3 is 15.7 Å². The summed E-state index contributed by atoms with van der Waals surface area (Å²) in [7, 11) is 0. The molecular weight excluding hydrogens is 316 g/mol. The van der Waals surface area contributed by atoms with Crippen molar-refractivity contribution in [2.75, 3.05) is 6.54 Å². The molecule has 0 saturated heterocycles. The molecule has 2 aromatic carbocycles. The maximum atomic E-state index is 12.2. The van der Waals surface area contributed by atoms with E-state index in [0.29, 0.717) is 5.56 Å². The van der Waals surface area contributed by atoms with Crippen molar-refractivity contribution in [2.45, 2.75) is 32.2 Å². The zero-order valence-corrected chi connectivity index (χ0v) is 14.7. The summed E-state index contributed by atoms with van der Waals surface area (Å²) in [5, 5.41) is 14.8. The number of rotatable bonds is 6. The molecule has 5 nitrogen and oxygen atoms in total. The van der Waals surface area contributed by atoms with Crippen LogP contribution in [0.5, 0.6) is 5.75 Å². The first-order valence-electron chi connectivity index (χ1n) is 8.23. The maximum Gasteiger partial charge on any atom is 0.251 e. The van der Waals surface area contributed by atoms with Crippen LogP contribution < -0.4 is 10.6 Å². The van der Waals surface area contributed by atoms with Gasteiger partial charge in [-0.2, -0.15) is 0 Å². The van der Waals surface area contributed by atoms with E-state index in [1.165, 1.54) is 24.3 Å². The Labute approximate surface area is 148 Å². The van der Waals surface area contributed by atoms with Crippen molar-refractivity contribution in [3.8, 4) is 5.75 Å². The number of phenolic OH excluding ortho intramolecular Hbond substituents is 1. The second kappa shape index (κ2) is 7.83. The first-order valence-corrected chi connectivity index (χ1v) is 8.23. The van der Waals surface area contributed by atoms with Gasteiger partial charge >= 0.3 is 0 Å². The Kier molecular flexibility index (Phi) is 5.80. The van der Waals surface area contributed by atoms with E-state index in [1.54, 1.807) is 0 Å².